The van der Waals surface area contributed by atoms with Gasteiger partial charge in [0.25, 0.3) is 0 Å². The maximum absolute atomic E-state index is 6.10. The van der Waals surface area contributed by atoms with Crippen LogP contribution < -0.4 is 9.64 Å². The minimum atomic E-state index is -0.00269. The molecule has 0 bridgehead atoms. The average Bonchev–Trinajstić information content (AvgIpc) is 2.67. The summed E-state index contributed by atoms with van der Waals surface area (Å²) in [5, 5.41) is 0. The molecule has 2 saturated heterocycles. The van der Waals surface area contributed by atoms with Crippen LogP contribution in [-0.2, 0) is 4.74 Å². The molecule has 6 nitrogen and oxygen atoms in total. The molecule has 2 unspecified atom stereocenters. The van der Waals surface area contributed by atoms with E-state index < -0.39 is 0 Å². The van der Waals surface area contributed by atoms with E-state index in [4.69, 9.17) is 9.47 Å². The maximum atomic E-state index is 6.10. The quantitative estimate of drug-likeness (QED) is 0.859. The van der Waals surface area contributed by atoms with Crippen LogP contribution in [0.4, 0.5) is 5.82 Å². The molecule has 0 saturated carbocycles. The lowest BCUT2D eigenvalue weighted by molar-refractivity contribution is -0.109. The molecule has 2 aliphatic heterocycles. The lowest BCUT2D eigenvalue weighted by atomic mass is 9.73. The summed E-state index contributed by atoms with van der Waals surface area (Å²) in [7, 11) is 0. The number of aromatic nitrogens is 3. The Hall–Kier alpha value is -2.21. The Morgan fingerprint density at radius 2 is 2.29 bits per heavy atom. The SMILES string of the molecule is c1cncc(OCC23CCCOC2CCN(c2ccncn2)C3)c1. The smallest absolute Gasteiger partial charge is 0.137 e. The Morgan fingerprint density at radius 3 is 3.12 bits per heavy atom. The zero-order valence-electron chi connectivity index (χ0n) is 13.7. The van der Waals surface area contributed by atoms with E-state index in [1.165, 1.54) is 0 Å². The fourth-order valence-corrected chi connectivity index (χ4v) is 3.83. The molecule has 0 amide bonds. The molecule has 6 heteroatoms. The summed E-state index contributed by atoms with van der Waals surface area (Å²) in [6.07, 6.45) is 10.4. The first-order valence-corrected chi connectivity index (χ1v) is 8.51. The molecule has 0 aromatic carbocycles. The second-order valence-electron chi connectivity index (χ2n) is 6.58. The summed E-state index contributed by atoms with van der Waals surface area (Å²) in [5.41, 5.74) is -0.00269. The van der Waals surface area contributed by atoms with Gasteiger partial charge in [-0.3, -0.25) is 4.98 Å². The number of fused-ring (bicyclic) bond motifs is 1. The second kappa shape index (κ2) is 6.73. The number of hydrogen-bond donors (Lipinski definition) is 0. The van der Waals surface area contributed by atoms with Gasteiger partial charge in [0.1, 0.15) is 17.9 Å². The number of piperidine rings is 1. The highest BCUT2D eigenvalue weighted by molar-refractivity contribution is 5.38. The molecule has 4 heterocycles. The fraction of sp³-hybridized carbons (Fsp3) is 0.500. The Morgan fingerprint density at radius 1 is 1.29 bits per heavy atom. The van der Waals surface area contributed by atoms with Gasteiger partial charge in [-0.25, -0.2) is 9.97 Å². The summed E-state index contributed by atoms with van der Waals surface area (Å²) in [4.78, 5) is 14.9. The number of ether oxygens (including phenoxy) is 2. The van der Waals surface area contributed by atoms with Crippen molar-refractivity contribution in [3.05, 3.63) is 43.1 Å². The normalized spacial score (nSPS) is 26.7. The zero-order chi connectivity index (χ0) is 16.2. The van der Waals surface area contributed by atoms with Gasteiger partial charge in [-0.2, -0.15) is 0 Å². The molecule has 2 aromatic heterocycles. The summed E-state index contributed by atoms with van der Waals surface area (Å²) < 4.78 is 12.2. The van der Waals surface area contributed by atoms with Gasteiger partial charge in [-0.05, 0) is 37.5 Å². The number of rotatable bonds is 4. The summed E-state index contributed by atoms with van der Waals surface area (Å²) in [6, 6.07) is 5.82. The third-order valence-electron chi connectivity index (χ3n) is 5.04. The summed E-state index contributed by atoms with van der Waals surface area (Å²) >= 11 is 0. The average molecular weight is 326 g/mol. The summed E-state index contributed by atoms with van der Waals surface area (Å²) in [6.45, 7) is 3.35. The first-order valence-electron chi connectivity index (χ1n) is 8.51. The molecule has 24 heavy (non-hydrogen) atoms. The molecule has 0 aliphatic carbocycles. The number of anilines is 1. The van der Waals surface area contributed by atoms with Crippen LogP contribution in [0.2, 0.25) is 0 Å². The highest BCUT2D eigenvalue weighted by Gasteiger charge is 2.47. The van der Waals surface area contributed by atoms with E-state index in [-0.39, 0.29) is 11.5 Å². The lowest BCUT2D eigenvalue weighted by Crippen LogP contribution is -2.57. The minimum Gasteiger partial charge on any atom is -0.491 e. The van der Waals surface area contributed by atoms with Gasteiger partial charge in [-0.15, -0.1) is 0 Å². The van der Waals surface area contributed by atoms with Gasteiger partial charge in [0.05, 0.1) is 18.9 Å². The monoisotopic (exact) mass is 326 g/mol. The third kappa shape index (κ3) is 3.06. The highest BCUT2D eigenvalue weighted by Crippen LogP contribution is 2.41. The van der Waals surface area contributed by atoms with Crippen molar-refractivity contribution >= 4 is 5.82 Å². The standard InChI is InChI=1S/C18H22N4O2/c1-3-15(11-19-7-1)24-13-18-6-2-10-23-16(18)5-9-22(12-18)17-4-8-20-14-21-17/h1,3-4,7-8,11,14,16H,2,5-6,9-10,12-13H2. The molecule has 0 spiro atoms. The van der Waals surface area contributed by atoms with Crippen LogP contribution in [-0.4, -0.2) is 47.4 Å². The predicted molar refractivity (Wildman–Crippen MR) is 90.0 cm³/mol. The second-order valence-corrected chi connectivity index (χ2v) is 6.58. The number of pyridine rings is 1. The van der Waals surface area contributed by atoms with Crippen molar-refractivity contribution in [1.82, 2.24) is 15.0 Å². The molecule has 2 aromatic rings. The van der Waals surface area contributed by atoms with Crippen LogP contribution in [0.1, 0.15) is 19.3 Å². The first-order chi connectivity index (χ1) is 11.9. The first kappa shape index (κ1) is 15.3. The van der Waals surface area contributed by atoms with Crippen molar-refractivity contribution < 1.29 is 9.47 Å². The van der Waals surface area contributed by atoms with Gasteiger partial charge in [0, 0.05) is 37.5 Å². The Kier molecular flexibility index (Phi) is 4.30. The number of nitrogens with zero attached hydrogens (tertiary/aromatic N) is 4. The Labute approximate surface area is 141 Å². The number of hydrogen-bond acceptors (Lipinski definition) is 6. The van der Waals surface area contributed by atoms with Crippen molar-refractivity contribution in [2.45, 2.75) is 25.4 Å². The zero-order valence-corrected chi connectivity index (χ0v) is 13.7. The van der Waals surface area contributed by atoms with E-state index in [9.17, 15) is 0 Å². The maximum Gasteiger partial charge on any atom is 0.137 e. The van der Waals surface area contributed by atoms with Crippen LogP contribution in [0.15, 0.2) is 43.1 Å². The Bertz CT molecular complexity index is 655. The van der Waals surface area contributed by atoms with Crippen LogP contribution in [0.5, 0.6) is 5.75 Å². The molecule has 0 N–H and O–H groups in total. The third-order valence-corrected chi connectivity index (χ3v) is 5.04. The van der Waals surface area contributed by atoms with E-state index in [1.807, 2.05) is 18.2 Å². The van der Waals surface area contributed by atoms with Crippen molar-refractivity contribution in [3.63, 3.8) is 0 Å². The predicted octanol–water partition coefficient (Wildman–Crippen LogP) is 2.33. The van der Waals surface area contributed by atoms with E-state index in [1.54, 1.807) is 24.9 Å². The van der Waals surface area contributed by atoms with Crippen molar-refractivity contribution in [2.75, 3.05) is 31.2 Å². The summed E-state index contributed by atoms with van der Waals surface area (Å²) in [5.74, 6) is 1.80. The van der Waals surface area contributed by atoms with Crippen molar-refractivity contribution in [3.8, 4) is 5.75 Å². The van der Waals surface area contributed by atoms with E-state index in [2.05, 4.69) is 19.9 Å². The largest absolute Gasteiger partial charge is 0.491 e. The molecular weight excluding hydrogens is 304 g/mol. The molecule has 0 radical (unpaired) electrons. The molecule has 2 fully saturated rings. The van der Waals surface area contributed by atoms with Crippen LogP contribution in [0.25, 0.3) is 0 Å². The minimum absolute atomic E-state index is 0.00269. The van der Waals surface area contributed by atoms with Gasteiger partial charge in [0.2, 0.25) is 0 Å². The molecule has 2 aliphatic rings. The fourth-order valence-electron chi connectivity index (χ4n) is 3.83. The molecule has 4 rings (SSSR count). The van der Waals surface area contributed by atoms with Crippen LogP contribution in [0.3, 0.4) is 0 Å². The molecular formula is C18H22N4O2. The van der Waals surface area contributed by atoms with Crippen LogP contribution in [0, 0.1) is 5.41 Å². The van der Waals surface area contributed by atoms with E-state index in [0.29, 0.717) is 6.61 Å². The molecule has 126 valence electrons. The van der Waals surface area contributed by atoms with E-state index >= 15 is 0 Å². The highest BCUT2D eigenvalue weighted by atomic mass is 16.5. The lowest BCUT2D eigenvalue weighted by Gasteiger charge is -2.50. The van der Waals surface area contributed by atoms with Gasteiger partial charge >= 0.3 is 0 Å². The molecule has 2 atom stereocenters. The van der Waals surface area contributed by atoms with Crippen molar-refractivity contribution in [2.24, 2.45) is 5.41 Å². The van der Waals surface area contributed by atoms with Gasteiger partial charge < -0.3 is 14.4 Å². The Balaban J connectivity index is 1.53. The van der Waals surface area contributed by atoms with Gasteiger partial charge in [0.15, 0.2) is 0 Å². The van der Waals surface area contributed by atoms with Crippen molar-refractivity contribution in [1.29, 1.82) is 0 Å². The van der Waals surface area contributed by atoms with Crippen LogP contribution >= 0.6 is 0 Å². The van der Waals surface area contributed by atoms with E-state index in [0.717, 1.165) is 50.5 Å². The topological polar surface area (TPSA) is 60.4 Å². The van der Waals surface area contributed by atoms with Gasteiger partial charge in [-0.1, -0.05) is 0 Å².